The highest BCUT2D eigenvalue weighted by Crippen LogP contribution is 2.25. The summed E-state index contributed by atoms with van der Waals surface area (Å²) in [5.41, 5.74) is 1.97. The van der Waals surface area contributed by atoms with E-state index in [4.69, 9.17) is 9.47 Å². The third-order valence-electron chi connectivity index (χ3n) is 4.38. The number of rotatable bonds is 6. The molecule has 3 aromatic rings. The first kappa shape index (κ1) is 18.6. The van der Waals surface area contributed by atoms with E-state index in [9.17, 15) is 10.1 Å². The van der Waals surface area contributed by atoms with Crippen LogP contribution in [0, 0.1) is 10.1 Å². The zero-order valence-corrected chi connectivity index (χ0v) is 15.5. The fourth-order valence-electron chi connectivity index (χ4n) is 2.95. The van der Waals surface area contributed by atoms with Crippen LogP contribution in [0.3, 0.4) is 0 Å². The molecule has 4 rings (SSSR count). The summed E-state index contributed by atoms with van der Waals surface area (Å²) in [5.74, 6) is 1.18. The van der Waals surface area contributed by atoms with Gasteiger partial charge in [-0.2, -0.15) is 4.98 Å². The molecule has 0 unspecified atom stereocenters. The Bertz CT molecular complexity index is 990. The zero-order valence-electron chi connectivity index (χ0n) is 15.5. The fraction of sp³-hybridized carbons (Fsp3) is 0.200. The number of hydrogen-bond donors (Lipinski definition) is 1. The summed E-state index contributed by atoms with van der Waals surface area (Å²) < 4.78 is 11.1. The molecule has 1 aliphatic rings. The van der Waals surface area contributed by atoms with Crippen molar-refractivity contribution in [3.8, 4) is 11.6 Å². The van der Waals surface area contributed by atoms with Gasteiger partial charge in [0.1, 0.15) is 5.75 Å². The zero-order chi connectivity index (χ0) is 20.1. The largest absolute Gasteiger partial charge is 0.439 e. The SMILES string of the molecule is O=[N+]([O-])c1ccc(Oc2ccnc(Nc3cccc(N4CCOCC4)c3)n2)cc1. The van der Waals surface area contributed by atoms with Crippen LogP contribution >= 0.6 is 0 Å². The minimum Gasteiger partial charge on any atom is -0.439 e. The molecule has 1 aliphatic heterocycles. The third kappa shape index (κ3) is 4.77. The number of nitro benzene ring substituents is 1. The van der Waals surface area contributed by atoms with Gasteiger partial charge in [-0.3, -0.25) is 10.1 Å². The Kier molecular flexibility index (Phi) is 5.48. The van der Waals surface area contributed by atoms with E-state index in [2.05, 4.69) is 26.3 Å². The Labute approximate surface area is 167 Å². The van der Waals surface area contributed by atoms with Crippen molar-refractivity contribution in [2.75, 3.05) is 36.5 Å². The molecule has 29 heavy (non-hydrogen) atoms. The van der Waals surface area contributed by atoms with Crippen molar-refractivity contribution in [3.63, 3.8) is 0 Å². The van der Waals surface area contributed by atoms with Crippen LogP contribution in [0.2, 0.25) is 0 Å². The van der Waals surface area contributed by atoms with Crippen molar-refractivity contribution < 1.29 is 14.4 Å². The summed E-state index contributed by atoms with van der Waals surface area (Å²) in [5, 5.41) is 13.9. The van der Waals surface area contributed by atoms with Gasteiger partial charge in [0.15, 0.2) is 0 Å². The van der Waals surface area contributed by atoms with E-state index in [0.29, 0.717) is 17.6 Å². The number of anilines is 3. The van der Waals surface area contributed by atoms with Crippen molar-refractivity contribution in [2.24, 2.45) is 0 Å². The van der Waals surface area contributed by atoms with E-state index < -0.39 is 4.92 Å². The molecule has 0 bridgehead atoms. The molecule has 0 radical (unpaired) electrons. The summed E-state index contributed by atoms with van der Waals surface area (Å²) in [6.07, 6.45) is 1.59. The molecule has 0 saturated carbocycles. The molecular formula is C20H19N5O4. The Balaban J connectivity index is 1.45. The maximum Gasteiger partial charge on any atom is 0.269 e. The lowest BCUT2D eigenvalue weighted by Crippen LogP contribution is -2.36. The predicted molar refractivity (Wildman–Crippen MR) is 108 cm³/mol. The second-order valence-electron chi connectivity index (χ2n) is 6.35. The van der Waals surface area contributed by atoms with Gasteiger partial charge in [-0.05, 0) is 30.3 Å². The quantitative estimate of drug-likeness (QED) is 0.499. The third-order valence-corrected chi connectivity index (χ3v) is 4.38. The summed E-state index contributed by atoms with van der Waals surface area (Å²) in [4.78, 5) is 21.1. The van der Waals surface area contributed by atoms with Gasteiger partial charge in [-0.15, -0.1) is 0 Å². The molecular weight excluding hydrogens is 374 g/mol. The molecule has 2 heterocycles. The van der Waals surface area contributed by atoms with Gasteiger partial charge in [-0.25, -0.2) is 4.98 Å². The van der Waals surface area contributed by atoms with E-state index in [1.807, 2.05) is 18.2 Å². The number of nitrogens with one attached hydrogen (secondary N) is 1. The van der Waals surface area contributed by atoms with Crippen LogP contribution in [-0.2, 0) is 4.74 Å². The molecule has 1 N–H and O–H groups in total. The van der Waals surface area contributed by atoms with Gasteiger partial charge >= 0.3 is 0 Å². The van der Waals surface area contributed by atoms with E-state index >= 15 is 0 Å². The van der Waals surface area contributed by atoms with E-state index in [1.165, 1.54) is 24.3 Å². The molecule has 0 spiro atoms. The number of non-ortho nitro benzene ring substituents is 1. The van der Waals surface area contributed by atoms with Gasteiger partial charge in [0.25, 0.3) is 5.69 Å². The number of nitrogens with zero attached hydrogens (tertiary/aromatic N) is 4. The lowest BCUT2D eigenvalue weighted by atomic mass is 10.2. The van der Waals surface area contributed by atoms with E-state index in [-0.39, 0.29) is 5.69 Å². The number of benzene rings is 2. The van der Waals surface area contributed by atoms with Crippen LogP contribution in [0.15, 0.2) is 60.8 Å². The Morgan fingerprint density at radius 2 is 1.90 bits per heavy atom. The van der Waals surface area contributed by atoms with Crippen LogP contribution in [0.1, 0.15) is 0 Å². The lowest BCUT2D eigenvalue weighted by molar-refractivity contribution is -0.384. The Morgan fingerprint density at radius 1 is 1.10 bits per heavy atom. The van der Waals surface area contributed by atoms with Crippen molar-refractivity contribution in [1.82, 2.24) is 9.97 Å². The molecule has 0 atom stereocenters. The normalized spacial score (nSPS) is 13.7. The molecule has 1 saturated heterocycles. The summed E-state index contributed by atoms with van der Waals surface area (Å²) in [7, 11) is 0. The lowest BCUT2D eigenvalue weighted by Gasteiger charge is -2.29. The monoisotopic (exact) mass is 393 g/mol. The molecule has 9 heteroatoms. The summed E-state index contributed by atoms with van der Waals surface area (Å²) in [6.45, 7) is 3.17. The highest BCUT2D eigenvalue weighted by molar-refractivity contribution is 5.62. The van der Waals surface area contributed by atoms with Gasteiger partial charge < -0.3 is 19.7 Å². The van der Waals surface area contributed by atoms with Gasteiger partial charge in [-0.1, -0.05) is 6.07 Å². The second-order valence-corrected chi connectivity index (χ2v) is 6.35. The van der Waals surface area contributed by atoms with Crippen LogP contribution in [0.5, 0.6) is 11.6 Å². The van der Waals surface area contributed by atoms with Crippen molar-refractivity contribution >= 4 is 23.0 Å². The molecule has 2 aromatic carbocycles. The van der Waals surface area contributed by atoms with Gasteiger partial charge in [0, 0.05) is 48.9 Å². The van der Waals surface area contributed by atoms with Gasteiger partial charge in [0.05, 0.1) is 18.1 Å². The van der Waals surface area contributed by atoms with Crippen molar-refractivity contribution in [2.45, 2.75) is 0 Å². The highest BCUT2D eigenvalue weighted by atomic mass is 16.6. The minimum atomic E-state index is -0.457. The maximum absolute atomic E-state index is 10.7. The summed E-state index contributed by atoms with van der Waals surface area (Å²) in [6, 6.07) is 15.5. The average Bonchev–Trinajstić information content (AvgIpc) is 2.75. The molecule has 1 fully saturated rings. The van der Waals surface area contributed by atoms with Crippen LogP contribution in [0.25, 0.3) is 0 Å². The number of aromatic nitrogens is 2. The molecule has 0 aliphatic carbocycles. The number of hydrogen-bond acceptors (Lipinski definition) is 8. The Morgan fingerprint density at radius 3 is 2.66 bits per heavy atom. The van der Waals surface area contributed by atoms with Crippen molar-refractivity contribution in [3.05, 3.63) is 70.9 Å². The first-order chi connectivity index (χ1) is 14.2. The summed E-state index contributed by atoms with van der Waals surface area (Å²) >= 11 is 0. The second kappa shape index (κ2) is 8.53. The topological polar surface area (TPSA) is 103 Å². The van der Waals surface area contributed by atoms with E-state index in [0.717, 1.165) is 37.7 Å². The number of ether oxygens (including phenoxy) is 2. The molecule has 1 aromatic heterocycles. The maximum atomic E-state index is 10.7. The number of nitro groups is 1. The van der Waals surface area contributed by atoms with E-state index in [1.54, 1.807) is 12.3 Å². The van der Waals surface area contributed by atoms with Gasteiger partial charge in [0.2, 0.25) is 11.8 Å². The molecule has 9 nitrogen and oxygen atoms in total. The minimum absolute atomic E-state index is 0.00235. The smallest absolute Gasteiger partial charge is 0.269 e. The van der Waals surface area contributed by atoms with Crippen LogP contribution in [0.4, 0.5) is 23.0 Å². The molecule has 148 valence electrons. The Hall–Kier alpha value is -3.72. The standard InChI is InChI=1S/C20H19N5O4/c26-25(27)16-4-6-18(7-5-16)29-19-8-9-21-20(23-19)22-15-2-1-3-17(14-15)24-10-12-28-13-11-24/h1-9,14H,10-13H2,(H,21,22,23). The average molecular weight is 393 g/mol. The number of morpholine rings is 1. The van der Waals surface area contributed by atoms with Crippen LogP contribution < -0.4 is 15.0 Å². The fourth-order valence-corrected chi connectivity index (χ4v) is 2.95. The highest BCUT2D eigenvalue weighted by Gasteiger charge is 2.12. The predicted octanol–water partition coefficient (Wildman–Crippen LogP) is 3.76. The molecule has 0 amide bonds. The first-order valence-corrected chi connectivity index (χ1v) is 9.12. The van der Waals surface area contributed by atoms with Crippen molar-refractivity contribution in [1.29, 1.82) is 0 Å². The first-order valence-electron chi connectivity index (χ1n) is 9.12. The van der Waals surface area contributed by atoms with Crippen LogP contribution in [-0.4, -0.2) is 41.2 Å².